The molecule has 0 spiro atoms. The molecule has 1 aliphatic rings. The van der Waals surface area contributed by atoms with Crippen LogP contribution in [0.4, 0.5) is 5.95 Å². The number of methoxy groups -OCH3 is 2. The first-order valence-electron chi connectivity index (χ1n) is 6.80. The molecule has 1 aromatic rings. The Morgan fingerprint density at radius 3 is 2.52 bits per heavy atom. The van der Waals surface area contributed by atoms with Gasteiger partial charge in [0.15, 0.2) is 0 Å². The van der Waals surface area contributed by atoms with Gasteiger partial charge in [-0.1, -0.05) is 0 Å². The molecule has 0 saturated carbocycles. The second-order valence-electron chi connectivity index (χ2n) is 4.58. The summed E-state index contributed by atoms with van der Waals surface area (Å²) in [6.07, 6.45) is 2.20. The number of carbonyl (C=O) groups is 1. The fourth-order valence-electron chi connectivity index (χ4n) is 1.99. The van der Waals surface area contributed by atoms with Crippen LogP contribution in [0.3, 0.4) is 0 Å². The zero-order valence-corrected chi connectivity index (χ0v) is 13.0. The van der Waals surface area contributed by atoms with Gasteiger partial charge in [0.1, 0.15) is 0 Å². The maximum Gasteiger partial charge on any atom is 0.236 e. The summed E-state index contributed by atoms with van der Waals surface area (Å²) in [6, 6.07) is 1.55. The summed E-state index contributed by atoms with van der Waals surface area (Å²) >= 11 is 1.67. The number of thioether (sulfide) groups is 1. The van der Waals surface area contributed by atoms with Crippen molar-refractivity contribution < 1.29 is 14.3 Å². The lowest BCUT2D eigenvalue weighted by Gasteiger charge is -2.21. The molecule has 1 aromatic heterocycles. The molecular weight excluding hydrogens is 292 g/mol. The minimum absolute atomic E-state index is 0.117. The minimum atomic E-state index is -0.117. The smallest absolute Gasteiger partial charge is 0.236 e. The van der Waals surface area contributed by atoms with Crippen LogP contribution in [0.1, 0.15) is 12.8 Å². The fraction of sp³-hybridized carbons (Fsp3) is 0.615. The highest BCUT2D eigenvalue weighted by Gasteiger charge is 2.16. The van der Waals surface area contributed by atoms with Crippen molar-refractivity contribution in [2.75, 3.05) is 38.4 Å². The number of anilines is 1. The van der Waals surface area contributed by atoms with E-state index in [-0.39, 0.29) is 11.9 Å². The zero-order valence-electron chi connectivity index (χ0n) is 12.2. The highest BCUT2D eigenvalue weighted by Crippen LogP contribution is 2.21. The lowest BCUT2D eigenvalue weighted by molar-refractivity contribution is -0.113. The van der Waals surface area contributed by atoms with Gasteiger partial charge >= 0.3 is 0 Å². The van der Waals surface area contributed by atoms with Crippen LogP contribution < -0.4 is 20.1 Å². The van der Waals surface area contributed by atoms with Gasteiger partial charge in [0, 0.05) is 5.25 Å². The van der Waals surface area contributed by atoms with Crippen molar-refractivity contribution in [2.24, 2.45) is 0 Å². The third kappa shape index (κ3) is 5.05. The van der Waals surface area contributed by atoms with Crippen molar-refractivity contribution in [1.29, 1.82) is 0 Å². The number of hydrogen-bond donors (Lipinski definition) is 2. The molecule has 1 saturated heterocycles. The van der Waals surface area contributed by atoms with Gasteiger partial charge in [-0.25, -0.2) is 0 Å². The van der Waals surface area contributed by atoms with Gasteiger partial charge in [-0.3, -0.25) is 10.1 Å². The maximum absolute atomic E-state index is 11.9. The molecule has 7 nitrogen and oxygen atoms in total. The molecule has 0 aromatic carbocycles. The Morgan fingerprint density at radius 2 is 1.95 bits per heavy atom. The van der Waals surface area contributed by atoms with Crippen LogP contribution in [0.25, 0.3) is 0 Å². The number of piperidine rings is 1. The number of aromatic nitrogens is 2. The van der Waals surface area contributed by atoms with Gasteiger partial charge in [-0.05, 0) is 25.9 Å². The van der Waals surface area contributed by atoms with Crippen LogP contribution >= 0.6 is 11.8 Å². The average Bonchev–Trinajstić information content (AvgIpc) is 2.53. The largest absolute Gasteiger partial charge is 0.481 e. The molecule has 2 rings (SSSR count). The summed E-state index contributed by atoms with van der Waals surface area (Å²) in [4.78, 5) is 20.1. The first-order chi connectivity index (χ1) is 10.2. The van der Waals surface area contributed by atoms with E-state index < -0.39 is 0 Å². The highest BCUT2D eigenvalue weighted by atomic mass is 32.2. The molecule has 1 amide bonds. The Balaban J connectivity index is 1.86. The Labute approximate surface area is 128 Å². The Hall–Kier alpha value is -1.54. The summed E-state index contributed by atoms with van der Waals surface area (Å²) in [7, 11) is 3.00. The topological polar surface area (TPSA) is 85.4 Å². The number of nitrogens with one attached hydrogen (secondary N) is 2. The van der Waals surface area contributed by atoms with Crippen LogP contribution in [-0.4, -0.2) is 54.2 Å². The van der Waals surface area contributed by atoms with Crippen molar-refractivity contribution in [3.05, 3.63) is 6.07 Å². The molecule has 2 heterocycles. The Morgan fingerprint density at radius 1 is 1.33 bits per heavy atom. The number of amides is 1. The van der Waals surface area contributed by atoms with E-state index in [4.69, 9.17) is 9.47 Å². The first-order valence-corrected chi connectivity index (χ1v) is 7.85. The third-order valence-corrected chi connectivity index (χ3v) is 4.46. The average molecular weight is 312 g/mol. The number of nitrogens with zero attached hydrogens (tertiary/aromatic N) is 2. The van der Waals surface area contributed by atoms with Gasteiger partial charge in [-0.15, -0.1) is 11.8 Å². The lowest BCUT2D eigenvalue weighted by atomic mass is 10.2. The second kappa shape index (κ2) is 8.04. The normalized spacial score (nSPS) is 15.5. The van der Waals surface area contributed by atoms with Crippen LogP contribution in [0.2, 0.25) is 0 Å². The molecule has 0 unspecified atom stereocenters. The summed E-state index contributed by atoms with van der Waals surface area (Å²) in [5.41, 5.74) is 0. The first kappa shape index (κ1) is 15.8. The number of hydrogen-bond acceptors (Lipinski definition) is 7. The molecule has 21 heavy (non-hydrogen) atoms. The number of rotatable bonds is 6. The number of carbonyl (C=O) groups excluding carboxylic acids is 1. The van der Waals surface area contributed by atoms with Crippen LogP contribution in [0, 0.1) is 0 Å². The maximum atomic E-state index is 11.9. The van der Waals surface area contributed by atoms with Crippen molar-refractivity contribution in [2.45, 2.75) is 18.1 Å². The summed E-state index contributed by atoms with van der Waals surface area (Å²) < 4.78 is 10.1. The van der Waals surface area contributed by atoms with E-state index in [0.29, 0.717) is 22.8 Å². The van der Waals surface area contributed by atoms with E-state index in [2.05, 4.69) is 20.6 Å². The molecule has 2 N–H and O–H groups in total. The zero-order chi connectivity index (χ0) is 15.1. The Bertz CT molecular complexity index is 458. The fourth-order valence-corrected chi connectivity index (χ4v) is 3.01. The second-order valence-corrected chi connectivity index (χ2v) is 5.87. The van der Waals surface area contributed by atoms with Crippen LogP contribution in [-0.2, 0) is 4.79 Å². The van der Waals surface area contributed by atoms with E-state index >= 15 is 0 Å². The summed E-state index contributed by atoms with van der Waals surface area (Å²) in [5, 5.41) is 6.52. The summed E-state index contributed by atoms with van der Waals surface area (Å²) in [6.45, 7) is 2.05. The third-order valence-electron chi connectivity index (χ3n) is 3.08. The summed E-state index contributed by atoms with van der Waals surface area (Å²) in [5.74, 6) is 1.18. The van der Waals surface area contributed by atoms with E-state index in [1.807, 2.05) is 0 Å². The van der Waals surface area contributed by atoms with Crippen molar-refractivity contribution in [3.8, 4) is 11.8 Å². The standard InChI is InChI=1S/C13H20N4O3S/c1-19-11-7-12(20-2)17-13(16-11)15-10(18)8-21-9-3-5-14-6-4-9/h7,9,14H,3-6,8H2,1-2H3,(H,15,16,17,18). The monoisotopic (exact) mass is 312 g/mol. The molecule has 0 atom stereocenters. The molecule has 8 heteroatoms. The molecular formula is C13H20N4O3S. The number of ether oxygens (including phenoxy) is 2. The van der Waals surface area contributed by atoms with Gasteiger partial charge in [0.25, 0.3) is 0 Å². The van der Waals surface area contributed by atoms with E-state index in [9.17, 15) is 4.79 Å². The van der Waals surface area contributed by atoms with Crippen LogP contribution in [0.15, 0.2) is 6.07 Å². The van der Waals surface area contributed by atoms with Gasteiger partial charge in [-0.2, -0.15) is 9.97 Å². The predicted octanol–water partition coefficient (Wildman–Crippen LogP) is 0.917. The molecule has 1 fully saturated rings. The SMILES string of the molecule is COc1cc(OC)nc(NC(=O)CSC2CCNCC2)n1. The van der Waals surface area contributed by atoms with E-state index in [0.717, 1.165) is 25.9 Å². The molecule has 0 aliphatic carbocycles. The van der Waals surface area contributed by atoms with Crippen molar-refractivity contribution >= 4 is 23.6 Å². The minimum Gasteiger partial charge on any atom is -0.481 e. The van der Waals surface area contributed by atoms with Gasteiger partial charge < -0.3 is 14.8 Å². The highest BCUT2D eigenvalue weighted by molar-refractivity contribution is 8.00. The van der Waals surface area contributed by atoms with Crippen molar-refractivity contribution in [1.82, 2.24) is 15.3 Å². The molecule has 0 bridgehead atoms. The van der Waals surface area contributed by atoms with Gasteiger partial charge in [0.2, 0.25) is 23.6 Å². The quantitative estimate of drug-likeness (QED) is 0.808. The Kier molecular flexibility index (Phi) is 6.06. The lowest BCUT2D eigenvalue weighted by Crippen LogP contribution is -2.30. The molecule has 1 aliphatic heterocycles. The van der Waals surface area contributed by atoms with Crippen molar-refractivity contribution in [3.63, 3.8) is 0 Å². The molecule has 116 valence electrons. The predicted molar refractivity (Wildman–Crippen MR) is 82.1 cm³/mol. The molecule has 0 radical (unpaired) electrons. The van der Waals surface area contributed by atoms with E-state index in [1.54, 1.807) is 17.8 Å². The van der Waals surface area contributed by atoms with E-state index in [1.165, 1.54) is 14.2 Å². The van der Waals surface area contributed by atoms with Crippen LogP contribution in [0.5, 0.6) is 11.8 Å². The van der Waals surface area contributed by atoms with Gasteiger partial charge in [0.05, 0.1) is 26.0 Å².